The van der Waals surface area contributed by atoms with E-state index in [1.54, 1.807) is 0 Å². The van der Waals surface area contributed by atoms with Crippen LogP contribution in [0.4, 0.5) is 13.2 Å². The first-order valence-corrected chi connectivity index (χ1v) is 16.5. The van der Waals surface area contributed by atoms with Gasteiger partial charge in [0.15, 0.2) is 0 Å². The SMILES string of the molecule is C[C@@H]1Cc2ccccc2[C@@H](c2c(F)cc(O[Si](c3ccccc3)(c3ccccc3)C(C)(C)C)cc2F)N1CC(C)(C)F. The average molecular weight is 588 g/mol. The third-order valence-corrected chi connectivity index (χ3v) is 13.3. The van der Waals surface area contributed by atoms with Gasteiger partial charge in [0, 0.05) is 30.3 Å². The summed E-state index contributed by atoms with van der Waals surface area (Å²) in [6.45, 7) is 11.4. The Morgan fingerprint density at radius 2 is 1.29 bits per heavy atom. The lowest BCUT2D eigenvalue weighted by Gasteiger charge is -2.44. The van der Waals surface area contributed by atoms with Crippen LogP contribution in [0, 0.1) is 11.6 Å². The second-order valence-corrected chi connectivity index (χ2v) is 17.3. The molecule has 1 aliphatic rings. The van der Waals surface area contributed by atoms with Crippen LogP contribution in [0.3, 0.4) is 0 Å². The third-order valence-electron chi connectivity index (χ3n) is 8.34. The molecular weight excluding hydrogens is 547 g/mol. The number of alkyl halides is 1. The minimum absolute atomic E-state index is 0.0480. The molecule has 42 heavy (non-hydrogen) atoms. The van der Waals surface area contributed by atoms with Gasteiger partial charge in [0.2, 0.25) is 0 Å². The second-order valence-electron chi connectivity index (χ2n) is 13.1. The number of nitrogens with zero attached hydrogens (tertiary/aromatic N) is 1. The van der Waals surface area contributed by atoms with Crippen molar-refractivity contribution >= 4 is 18.7 Å². The van der Waals surface area contributed by atoms with Crippen molar-refractivity contribution < 1.29 is 17.6 Å². The number of fused-ring (bicyclic) bond motifs is 1. The zero-order chi connectivity index (χ0) is 30.3. The number of hydrogen-bond donors (Lipinski definition) is 0. The van der Waals surface area contributed by atoms with Crippen LogP contribution in [0.15, 0.2) is 97.1 Å². The fourth-order valence-electron chi connectivity index (χ4n) is 6.57. The molecule has 2 atom stereocenters. The Morgan fingerprint density at radius 3 is 1.79 bits per heavy atom. The van der Waals surface area contributed by atoms with E-state index in [9.17, 15) is 0 Å². The molecule has 0 saturated heterocycles. The molecule has 0 amide bonds. The molecule has 0 aromatic heterocycles. The zero-order valence-corrected chi connectivity index (χ0v) is 26.3. The van der Waals surface area contributed by atoms with Crippen molar-refractivity contribution in [2.24, 2.45) is 0 Å². The van der Waals surface area contributed by atoms with E-state index in [0.717, 1.165) is 21.5 Å². The molecule has 6 heteroatoms. The maximum atomic E-state index is 16.4. The first-order valence-electron chi connectivity index (χ1n) is 14.6. The number of benzene rings is 4. The van der Waals surface area contributed by atoms with Gasteiger partial charge in [-0.1, -0.05) is 106 Å². The van der Waals surface area contributed by atoms with Gasteiger partial charge in [0.05, 0.1) is 6.04 Å². The molecule has 4 aromatic rings. The highest BCUT2D eigenvalue weighted by Crippen LogP contribution is 2.43. The lowest BCUT2D eigenvalue weighted by molar-refractivity contribution is 0.0652. The van der Waals surface area contributed by atoms with Crippen LogP contribution < -0.4 is 14.8 Å². The quantitative estimate of drug-likeness (QED) is 0.203. The van der Waals surface area contributed by atoms with Gasteiger partial charge in [-0.25, -0.2) is 13.2 Å². The summed E-state index contributed by atoms with van der Waals surface area (Å²) >= 11 is 0. The van der Waals surface area contributed by atoms with Gasteiger partial charge in [0.1, 0.15) is 23.1 Å². The largest absolute Gasteiger partial charge is 0.534 e. The number of rotatable bonds is 7. The summed E-state index contributed by atoms with van der Waals surface area (Å²) < 4.78 is 54.7. The predicted molar refractivity (Wildman–Crippen MR) is 168 cm³/mol. The Labute approximate surface area is 249 Å². The Morgan fingerprint density at radius 1 is 0.786 bits per heavy atom. The smallest absolute Gasteiger partial charge is 0.319 e. The van der Waals surface area contributed by atoms with Gasteiger partial charge in [-0.05, 0) is 53.7 Å². The van der Waals surface area contributed by atoms with E-state index in [0.29, 0.717) is 6.42 Å². The molecule has 0 bridgehead atoms. The van der Waals surface area contributed by atoms with Gasteiger partial charge in [0.25, 0.3) is 0 Å². The van der Waals surface area contributed by atoms with Crippen molar-refractivity contribution in [3.8, 4) is 5.75 Å². The summed E-state index contributed by atoms with van der Waals surface area (Å²) in [5, 5.41) is 1.66. The van der Waals surface area contributed by atoms with E-state index in [4.69, 9.17) is 4.43 Å². The summed E-state index contributed by atoms with van der Waals surface area (Å²) in [6, 6.07) is 29.5. The van der Waals surface area contributed by atoms with Gasteiger partial charge in [-0.2, -0.15) is 0 Å². The summed E-state index contributed by atoms with van der Waals surface area (Å²) in [5.41, 5.74) is 0.207. The lowest BCUT2D eigenvalue weighted by Crippen LogP contribution is -2.68. The van der Waals surface area contributed by atoms with Crippen molar-refractivity contribution in [2.45, 2.75) is 70.8 Å². The van der Waals surface area contributed by atoms with Gasteiger partial charge in [-0.15, -0.1) is 0 Å². The summed E-state index contributed by atoms with van der Waals surface area (Å²) in [4.78, 5) is 1.90. The van der Waals surface area contributed by atoms with E-state index >= 15 is 13.2 Å². The van der Waals surface area contributed by atoms with Crippen LogP contribution in [0.1, 0.15) is 64.3 Å². The first-order chi connectivity index (χ1) is 19.8. The highest BCUT2D eigenvalue weighted by Gasteiger charge is 2.52. The van der Waals surface area contributed by atoms with Crippen molar-refractivity contribution in [2.75, 3.05) is 6.54 Å². The molecule has 1 aliphatic heterocycles. The van der Waals surface area contributed by atoms with Crippen LogP contribution in [0.25, 0.3) is 0 Å². The average Bonchev–Trinajstić information content (AvgIpc) is 2.92. The molecule has 0 N–H and O–H groups in total. The van der Waals surface area contributed by atoms with Crippen molar-refractivity contribution in [1.82, 2.24) is 4.90 Å². The molecule has 0 unspecified atom stereocenters. The standard InChI is InChI=1S/C36H40F3NOSi/c1-25-21-26-15-13-14-20-30(26)34(40(25)24-36(5,6)39)33-31(37)22-27(23-32(33)38)41-42(35(2,3)4,28-16-9-7-10-17-28)29-18-11-8-12-19-29/h7-20,22-23,25,34H,21,24H2,1-6H3/t25-,34+/m1/s1. The lowest BCUT2D eigenvalue weighted by atomic mass is 9.84. The van der Waals surface area contributed by atoms with Crippen LogP contribution in [0.5, 0.6) is 5.75 Å². The Kier molecular flexibility index (Phi) is 8.16. The zero-order valence-electron chi connectivity index (χ0n) is 25.3. The Bertz CT molecular complexity index is 1470. The van der Waals surface area contributed by atoms with Crippen LogP contribution >= 0.6 is 0 Å². The first kappa shape index (κ1) is 30.1. The predicted octanol–water partition coefficient (Wildman–Crippen LogP) is 7.99. The maximum Gasteiger partial charge on any atom is 0.319 e. The fourth-order valence-corrected chi connectivity index (χ4v) is 11.0. The van der Waals surface area contributed by atoms with Crippen LogP contribution in [-0.4, -0.2) is 31.5 Å². The molecule has 0 fully saturated rings. The van der Waals surface area contributed by atoms with Crippen LogP contribution in [-0.2, 0) is 6.42 Å². The van der Waals surface area contributed by atoms with Crippen molar-refractivity contribution in [3.63, 3.8) is 0 Å². The highest BCUT2D eigenvalue weighted by molar-refractivity contribution is 7.00. The van der Waals surface area contributed by atoms with E-state index in [1.807, 2.05) is 96.8 Å². The van der Waals surface area contributed by atoms with Gasteiger partial charge >= 0.3 is 8.32 Å². The number of halogens is 3. The summed E-state index contributed by atoms with van der Waals surface area (Å²) in [6.07, 6.45) is 0.682. The molecule has 0 aliphatic carbocycles. The normalized spacial score (nSPS) is 18.0. The minimum atomic E-state index is -3.10. The topological polar surface area (TPSA) is 12.5 Å². The Hall–Kier alpha value is -3.35. The van der Waals surface area contributed by atoms with E-state index in [2.05, 4.69) is 20.8 Å². The Balaban J connectivity index is 1.66. The fraction of sp³-hybridized carbons (Fsp3) is 0.333. The molecule has 0 radical (unpaired) electrons. The number of hydrogen-bond acceptors (Lipinski definition) is 2. The molecule has 220 valence electrons. The molecule has 4 aromatic carbocycles. The highest BCUT2D eigenvalue weighted by atomic mass is 28.4. The molecule has 5 rings (SSSR count). The van der Waals surface area contributed by atoms with E-state index < -0.39 is 31.7 Å². The molecule has 1 heterocycles. The molecule has 2 nitrogen and oxygen atoms in total. The maximum absolute atomic E-state index is 16.4. The van der Waals surface area contributed by atoms with E-state index in [1.165, 1.54) is 26.0 Å². The summed E-state index contributed by atoms with van der Waals surface area (Å²) in [5.74, 6) is -1.24. The molecular formula is C36H40F3NOSi. The minimum Gasteiger partial charge on any atom is -0.534 e. The van der Waals surface area contributed by atoms with Crippen LogP contribution in [0.2, 0.25) is 5.04 Å². The van der Waals surface area contributed by atoms with Gasteiger partial charge in [-0.3, -0.25) is 4.90 Å². The molecule has 0 saturated carbocycles. The van der Waals surface area contributed by atoms with Crippen molar-refractivity contribution in [3.05, 3.63) is 125 Å². The molecule has 0 spiro atoms. The van der Waals surface area contributed by atoms with E-state index in [-0.39, 0.29) is 28.9 Å². The van der Waals surface area contributed by atoms with Gasteiger partial charge < -0.3 is 4.43 Å². The third kappa shape index (κ3) is 5.67. The second kappa shape index (κ2) is 11.4. The van der Waals surface area contributed by atoms with Crippen molar-refractivity contribution in [1.29, 1.82) is 0 Å². The summed E-state index contributed by atoms with van der Waals surface area (Å²) in [7, 11) is -3.10. The monoisotopic (exact) mass is 587 g/mol.